The van der Waals surface area contributed by atoms with E-state index in [1.165, 1.54) is 6.20 Å². The zero-order valence-corrected chi connectivity index (χ0v) is 16.4. The third kappa shape index (κ3) is 3.38. The normalized spacial score (nSPS) is 10.9. The van der Waals surface area contributed by atoms with Gasteiger partial charge in [-0.05, 0) is 43.3 Å². The largest absolute Gasteiger partial charge is 0.378 e. The highest BCUT2D eigenvalue weighted by Crippen LogP contribution is 2.19. The Bertz CT molecular complexity index is 1240. The molecule has 0 aliphatic heterocycles. The van der Waals surface area contributed by atoms with Crippen LogP contribution in [0.1, 0.15) is 16.1 Å². The van der Waals surface area contributed by atoms with Gasteiger partial charge in [0.05, 0.1) is 16.8 Å². The van der Waals surface area contributed by atoms with Crippen molar-refractivity contribution in [3.05, 3.63) is 82.3 Å². The van der Waals surface area contributed by atoms with E-state index in [9.17, 15) is 9.59 Å². The van der Waals surface area contributed by atoms with Crippen molar-refractivity contribution in [1.82, 2.24) is 14.8 Å². The Morgan fingerprint density at radius 1 is 1.07 bits per heavy atom. The number of H-pyrrole nitrogens is 1. The molecule has 29 heavy (non-hydrogen) atoms. The van der Waals surface area contributed by atoms with Crippen LogP contribution in [-0.2, 0) is 0 Å². The van der Waals surface area contributed by atoms with Gasteiger partial charge in [0.2, 0.25) is 5.43 Å². The van der Waals surface area contributed by atoms with Crippen LogP contribution in [-0.4, -0.2) is 34.8 Å². The van der Waals surface area contributed by atoms with Crippen LogP contribution in [0.15, 0.2) is 65.6 Å². The van der Waals surface area contributed by atoms with E-state index in [1.54, 1.807) is 23.7 Å². The summed E-state index contributed by atoms with van der Waals surface area (Å²) in [6, 6.07) is 16.9. The second-order valence-electron chi connectivity index (χ2n) is 6.98. The number of pyridine rings is 1. The minimum atomic E-state index is -0.461. The molecule has 0 spiro atoms. The predicted molar refractivity (Wildman–Crippen MR) is 115 cm³/mol. The minimum Gasteiger partial charge on any atom is -0.378 e. The van der Waals surface area contributed by atoms with Crippen molar-refractivity contribution in [2.45, 2.75) is 6.92 Å². The van der Waals surface area contributed by atoms with E-state index in [-0.39, 0.29) is 11.0 Å². The van der Waals surface area contributed by atoms with E-state index < -0.39 is 5.91 Å². The second kappa shape index (κ2) is 7.27. The number of carbonyl (C=O) groups excluding carboxylic acids is 1. The molecule has 0 saturated heterocycles. The van der Waals surface area contributed by atoms with Crippen molar-refractivity contribution in [2.75, 3.05) is 24.3 Å². The van der Waals surface area contributed by atoms with Crippen LogP contribution in [0, 0.1) is 6.92 Å². The number of fused-ring (bicyclic) bond motifs is 1. The van der Waals surface area contributed by atoms with E-state index in [4.69, 9.17) is 0 Å². The fourth-order valence-electron chi connectivity index (χ4n) is 3.24. The molecular weight excluding hydrogens is 366 g/mol. The van der Waals surface area contributed by atoms with Crippen molar-refractivity contribution >= 4 is 28.3 Å². The Morgan fingerprint density at radius 3 is 2.41 bits per heavy atom. The number of rotatable bonds is 4. The highest BCUT2D eigenvalue weighted by Gasteiger charge is 2.19. The Labute approximate surface area is 167 Å². The summed E-state index contributed by atoms with van der Waals surface area (Å²) in [5, 5.41) is 7.67. The molecule has 2 heterocycles. The van der Waals surface area contributed by atoms with Crippen LogP contribution < -0.4 is 15.6 Å². The third-order valence-corrected chi connectivity index (χ3v) is 4.77. The lowest BCUT2D eigenvalue weighted by molar-refractivity contribution is 0.102. The number of hydrogen-bond donors (Lipinski definition) is 2. The number of aromatic amines is 1. The van der Waals surface area contributed by atoms with Crippen LogP contribution in [0.25, 0.3) is 16.7 Å². The minimum absolute atomic E-state index is 0.0462. The van der Waals surface area contributed by atoms with Gasteiger partial charge in [-0.1, -0.05) is 18.2 Å². The first-order chi connectivity index (χ1) is 14.0. The molecule has 0 aliphatic carbocycles. The zero-order valence-electron chi connectivity index (χ0n) is 16.4. The number of hydrogen-bond acceptors (Lipinski definition) is 4. The number of benzene rings is 2. The lowest BCUT2D eigenvalue weighted by Gasteiger charge is -2.13. The molecule has 7 nitrogen and oxygen atoms in total. The SMILES string of the molecule is Cc1nn(-c2ccccc2)c2[nH]cc(C(=O)Nc3ccc(N(C)C)cc3)c(=O)c12. The van der Waals surface area contributed by atoms with Gasteiger partial charge in [-0.25, -0.2) is 4.68 Å². The molecule has 0 atom stereocenters. The first-order valence-electron chi connectivity index (χ1n) is 9.21. The van der Waals surface area contributed by atoms with Crippen LogP contribution in [0.2, 0.25) is 0 Å². The van der Waals surface area contributed by atoms with E-state index in [0.29, 0.717) is 22.4 Å². The van der Waals surface area contributed by atoms with E-state index in [1.807, 2.05) is 61.5 Å². The smallest absolute Gasteiger partial charge is 0.261 e. The number of carbonyl (C=O) groups is 1. The number of aryl methyl sites for hydroxylation is 1. The van der Waals surface area contributed by atoms with Crippen molar-refractivity contribution in [3.8, 4) is 5.69 Å². The lowest BCUT2D eigenvalue weighted by Crippen LogP contribution is -2.22. The quantitative estimate of drug-likeness (QED) is 0.563. The van der Waals surface area contributed by atoms with Crippen LogP contribution in [0.5, 0.6) is 0 Å². The van der Waals surface area contributed by atoms with Crippen molar-refractivity contribution in [1.29, 1.82) is 0 Å². The van der Waals surface area contributed by atoms with E-state index >= 15 is 0 Å². The molecule has 0 radical (unpaired) electrons. The molecule has 1 amide bonds. The Kier molecular flexibility index (Phi) is 4.64. The summed E-state index contributed by atoms with van der Waals surface area (Å²) in [5.74, 6) is -0.461. The van der Waals surface area contributed by atoms with E-state index in [0.717, 1.165) is 11.4 Å². The maximum atomic E-state index is 13.0. The summed E-state index contributed by atoms with van der Waals surface area (Å²) >= 11 is 0. The summed E-state index contributed by atoms with van der Waals surface area (Å²) in [6.45, 7) is 1.76. The maximum absolute atomic E-state index is 13.0. The third-order valence-electron chi connectivity index (χ3n) is 4.77. The Hall–Kier alpha value is -3.87. The highest BCUT2D eigenvalue weighted by molar-refractivity contribution is 6.05. The molecule has 2 aromatic carbocycles. The average molecular weight is 387 g/mol. The molecule has 0 aliphatic rings. The van der Waals surface area contributed by atoms with Gasteiger partial charge in [-0.3, -0.25) is 9.59 Å². The number of nitrogens with one attached hydrogen (secondary N) is 2. The van der Waals surface area contributed by atoms with Gasteiger partial charge < -0.3 is 15.2 Å². The topological polar surface area (TPSA) is 83.0 Å². The van der Waals surface area contributed by atoms with Gasteiger partial charge in [0.15, 0.2) is 0 Å². The average Bonchev–Trinajstić information content (AvgIpc) is 3.06. The Morgan fingerprint density at radius 2 is 1.76 bits per heavy atom. The summed E-state index contributed by atoms with van der Waals surface area (Å²) in [5.41, 5.74) is 3.30. The molecule has 7 heteroatoms. The number of anilines is 2. The number of para-hydroxylation sites is 1. The molecule has 0 fully saturated rings. The van der Waals surface area contributed by atoms with Crippen molar-refractivity contribution < 1.29 is 4.79 Å². The van der Waals surface area contributed by atoms with Crippen molar-refractivity contribution in [2.24, 2.45) is 0 Å². The van der Waals surface area contributed by atoms with Gasteiger partial charge in [-0.2, -0.15) is 5.10 Å². The summed E-state index contributed by atoms with van der Waals surface area (Å²) in [6.07, 6.45) is 1.44. The van der Waals surface area contributed by atoms with Crippen molar-refractivity contribution in [3.63, 3.8) is 0 Å². The standard InChI is InChI=1S/C22H21N5O2/c1-14-19-20(28)18(22(29)24-15-9-11-16(12-10-15)26(2)3)13-23-21(19)27(25-14)17-7-5-4-6-8-17/h4-13H,1-3H3,(H,23,28)(H,24,29). The maximum Gasteiger partial charge on any atom is 0.261 e. The molecule has 4 rings (SSSR count). The first-order valence-corrected chi connectivity index (χ1v) is 9.21. The summed E-state index contributed by atoms with van der Waals surface area (Å²) in [7, 11) is 3.89. The van der Waals surface area contributed by atoms with Crippen LogP contribution in [0.3, 0.4) is 0 Å². The summed E-state index contributed by atoms with van der Waals surface area (Å²) in [4.78, 5) is 30.8. The van der Waals surface area contributed by atoms with Gasteiger partial charge in [-0.15, -0.1) is 0 Å². The molecule has 2 N–H and O–H groups in total. The second-order valence-corrected chi connectivity index (χ2v) is 6.98. The number of amides is 1. The lowest BCUT2D eigenvalue weighted by atomic mass is 10.1. The number of aromatic nitrogens is 3. The molecule has 4 aromatic rings. The van der Waals surface area contributed by atoms with E-state index in [2.05, 4.69) is 15.4 Å². The molecule has 2 aromatic heterocycles. The van der Waals surface area contributed by atoms with Gasteiger partial charge >= 0.3 is 0 Å². The predicted octanol–water partition coefficient (Wildman–Crippen LogP) is 3.34. The van der Waals surface area contributed by atoms with Gasteiger partial charge in [0.1, 0.15) is 11.2 Å². The first kappa shape index (κ1) is 18.5. The molecule has 0 unspecified atom stereocenters. The molecular formula is C22H21N5O2. The molecule has 0 saturated carbocycles. The van der Waals surface area contributed by atoms with Crippen LogP contribution in [0.4, 0.5) is 11.4 Å². The molecule has 146 valence electrons. The summed E-state index contributed by atoms with van der Waals surface area (Å²) < 4.78 is 1.67. The molecule has 0 bridgehead atoms. The van der Waals surface area contributed by atoms with Gasteiger partial charge in [0.25, 0.3) is 5.91 Å². The highest BCUT2D eigenvalue weighted by atomic mass is 16.2. The number of nitrogens with zero attached hydrogens (tertiary/aromatic N) is 3. The van der Waals surface area contributed by atoms with Crippen LogP contribution >= 0.6 is 0 Å². The Balaban J connectivity index is 1.70. The zero-order chi connectivity index (χ0) is 20.5. The fraction of sp³-hybridized carbons (Fsp3) is 0.136. The monoisotopic (exact) mass is 387 g/mol. The fourth-order valence-corrected chi connectivity index (χ4v) is 3.24. The van der Waals surface area contributed by atoms with Gasteiger partial charge in [0, 0.05) is 31.7 Å².